The van der Waals surface area contributed by atoms with Crippen LogP contribution in [0.4, 0.5) is 13.2 Å². The first-order chi connectivity index (χ1) is 17.3. The number of hydrogen-bond acceptors (Lipinski definition) is 4. The monoisotopic (exact) mass is 495 g/mol. The molecule has 1 aliphatic heterocycles. The standard InChI is InChI=1S/C26H24F3N5O2/c1-15-13-33(8-6-18(15)17-3-4-20(30-11-17)25(35)31-12-23(28)29)14-16-2-5-22-21(10-16)32-26(36)24-19(27)7-9-34(22)24/h2-7,9-11,15,23H,8,12-14H2,1H3,(H,31,35)(H,32,36). The molecule has 0 fully saturated rings. The van der Waals surface area contributed by atoms with Crippen molar-refractivity contribution in [2.24, 2.45) is 5.92 Å². The predicted octanol–water partition coefficient (Wildman–Crippen LogP) is 3.85. The van der Waals surface area contributed by atoms with E-state index >= 15 is 0 Å². The average Bonchev–Trinajstić information content (AvgIpc) is 3.25. The summed E-state index contributed by atoms with van der Waals surface area (Å²) in [6, 6.07) is 10.4. The molecule has 0 bridgehead atoms. The van der Waals surface area contributed by atoms with Crippen LogP contribution in [0, 0.1) is 11.7 Å². The number of benzene rings is 1. The smallest absolute Gasteiger partial charge is 0.275 e. The molecule has 0 aliphatic carbocycles. The molecule has 1 unspecified atom stereocenters. The van der Waals surface area contributed by atoms with E-state index in [0.29, 0.717) is 18.6 Å². The number of aromatic nitrogens is 3. The van der Waals surface area contributed by atoms with Crippen molar-refractivity contribution in [1.82, 2.24) is 24.6 Å². The van der Waals surface area contributed by atoms with Gasteiger partial charge in [-0.25, -0.2) is 13.2 Å². The number of carbonyl (C=O) groups is 1. The zero-order valence-corrected chi connectivity index (χ0v) is 19.5. The Kier molecular flexibility index (Phi) is 6.36. The predicted molar refractivity (Wildman–Crippen MR) is 130 cm³/mol. The quantitative estimate of drug-likeness (QED) is 0.426. The van der Waals surface area contributed by atoms with Crippen molar-refractivity contribution in [2.45, 2.75) is 19.9 Å². The number of amides is 1. The number of fused-ring (bicyclic) bond motifs is 3. The fourth-order valence-electron chi connectivity index (χ4n) is 4.74. The fraction of sp³-hybridized carbons (Fsp3) is 0.269. The summed E-state index contributed by atoms with van der Waals surface area (Å²) in [6.45, 7) is 3.57. The van der Waals surface area contributed by atoms with E-state index < -0.39 is 30.3 Å². The molecule has 4 heterocycles. The first-order valence-corrected chi connectivity index (χ1v) is 11.6. The molecule has 1 amide bonds. The number of carbonyl (C=O) groups excluding carboxylic acids is 1. The number of halogens is 3. The number of pyridine rings is 1. The SMILES string of the molecule is CC1CN(Cc2ccc3c(c2)[nH]c(=O)c2c(F)ccn23)CC=C1c1ccc(C(=O)NCC(F)F)nc1. The lowest BCUT2D eigenvalue weighted by Gasteiger charge is -2.31. The van der Waals surface area contributed by atoms with Crippen LogP contribution in [0.2, 0.25) is 0 Å². The summed E-state index contributed by atoms with van der Waals surface area (Å²) < 4.78 is 40.1. The number of nitrogens with zero attached hydrogens (tertiary/aromatic N) is 3. The number of rotatable bonds is 6. The van der Waals surface area contributed by atoms with Crippen molar-refractivity contribution in [3.8, 4) is 0 Å². The van der Waals surface area contributed by atoms with Crippen molar-refractivity contribution in [2.75, 3.05) is 19.6 Å². The molecule has 0 radical (unpaired) electrons. The van der Waals surface area contributed by atoms with E-state index in [0.717, 1.165) is 28.8 Å². The van der Waals surface area contributed by atoms with Gasteiger partial charge in [-0.05, 0) is 46.9 Å². The van der Waals surface area contributed by atoms with Crippen molar-refractivity contribution in [1.29, 1.82) is 0 Å². The van der Waals surface area contributed by atoms with Crippen LogP contribution >= 0.6 is 0 Å². The minimum atomic E-state index is -2.61. The van der Waals surface area contributed by atoms with Gasteiger partial charge in [-0.15, -0.1) is 0 Å². The Balaban J connectivity index is 1.29. The van der Waals surface area contributed by atoms with E-state index in [4.69, 9.17) is 0 Å². The van der Waals surface area contributed by atoms with Crippen LogP contribution in [0.25, 0.3) is 22.1 Å². The van der Waals surface area contributed by atoms with Gasteiger partial charge in [-0.2, -0.15) is 0 Å². The van der Waals surface area contributed by atoms with Crippen molar-refractivity contribution in [3.05, 3.63) is 87.9 Å². The number of aromatic amines is 1. The van der Waals surface area contributed by atoms with Crippen LogP contribution in [-0.4, -0.2) is 51.2 Å². The second-order valence-corrected chi connectivity index (χ2v) is 8.98. The Morgan fingerprint density at radius 3 is 2.81 bits per heavy atom. The number of hydrogen-bond donors (Lipinski definition) is 2. The largest absolute Gasteiger partial charge is 0.345 e. The summed E-state index contributed by atoms with van der Waals surface area (Å²) in [6.07, 6.45) is 2.66. The summed E-state index contributed by atoms with van der Waals surface area (Å²) >= 11 is 0. The second kappa shape index (κ2) is 9.62. The summed E-state index contributed by atoms with van der Waals surface area (Å²) in [5, 5.41) is 2.15. The van der Waals surface area contributed by atoms with Gasteiger partial charge in [0.05, 0.1) is 17.6 Å². The van der Waals surface area contributed by atoms with E-state index in [1.54, 1.807) is 28.9 Å². The summed E-state index contributed by atoms with van der Waals surface area (Å²) in [5.74, 6) is -0.980. The van der Waals surface area contributed by atoms with E-state index in [2.05, 4.69) is 33.2 Å². The zero-order valence-electron chi connectivity index (χ0n) is 19.5. The summed E-state index contributed by atoms with van der Waals surface area (Å²) in [7, 11) is 0. The lowest BCUT2D eigenvalue weighted by molar-refractivity contribution is 0.0887. The average molecular weight is 496 g/mol. The molecule has 5 rings (SSSR count). The Morgan fingerprint density at radius 1 is 1.25 bits per heavy atom. The van der Waals surface area contributed by atoms with Gasteiger partial charge in [0, 0.05) is 32.0 Å². The van der Waals surface area contributed by atoms with Crippen LogP contribution in [0.5, 0.6) is 0 Å². The Labute approximate surface area is 204 Å². The molecular weight excluding hydrogens is 471 g/mol. The van der Waals surface area contributed by atoms with Gasteiger partial charge in [0.15, 0.2) is 5.82 Å². The molecular formula is C26H24F3N5O2. The van der Waals surface area contributed by atoms with Gasteiger partial charge in [-0.3, -0.25) is 19.5 Å². The number of H-pyrrole nitrogens is 1. The van der Waals surface area contributed by atoms with Crippen LogP contribution in [0.3, 0.4) is 0 Å². The third-order valence-electron chi connectivity index (χ3n) is 6.41. The molecule has 2 N–H and O–H groups in total. The fourth-order valence-corrected chi connectivity index (χ4v) is 4.74. The molecule has 1 aliphatic rings. The zero-order chi connectivity index (χ0) is 25.4. The highest BCUT2D eigenvalue weighted by molar-refractivity contribution is 5.92. The van der Waals surface area contributed by atoms with Gasteiger partial charge >= 0.3 is 0 Å². The minimum absolute atomic E-state index is 0.00841. The highest BCUT2D eigenvalue weighted by atomic mass is 19.3. The van der Waals surface area contributed by atoms with Gasteiger partial charge in [-0.1, -0.05) is 25.1 Å². The Bertz CT molecular complexity index is 1520. The lowest BCUT2D eigenvalue weighted by Crippen LogP contribution is -2.33. The van der Waals surface area contributed by atoms with Crippen molar-refractivity contribution >= 4 is 28.0 Å². The second-order valence-electron chi connectivity index (χ2n) is 8.98. The van der Waals surface area contributed by atoms with E-state index in [9.17, 15) is 22.8 Å². The Morgan fingerprint density at radius 2 is 2.08 bits per heavy atom. The van der Waals surface area contributed by atoms with Crippen LogP contribution < -0.4 is 10.9 Å². The van der Waals surface area contributed by atoms with E-state index in [-0.39, 0.29) is 17.1 Å². The normalized spacial score (nSPS) is 16.6. The van der Waals surface area contributed by atoms with Crippen molar-refractivity contribution in [3.63, 3.8) is 0 Å². The first-order valence-electron chi connectivity index (χ1n) is 11.6. The van der Waals surface area contributed by atoms with E-state index in [1.165, 1.54) is 6.07 Å². The molecule has 0 saturated heterocycles. The minimum Gasteiger partial charge on any atom is -0.345 e. The van der Waals surface area contributed by atoms with Gasteiger partial charge in [0.1, 0.15) is 11.2 Å². The number of nitrogens with one attached hydrogen (secondary N) is 2. The molecule has 3 aromatic heterocycles. The van der Waals surface area contributed by atoms with Gasteiger partial charge in [0.25, 0.3) is 17.9 Å². The van der Waals surface area contributed by atoms with Crippen molar-refractivity contribution < 1.29 is 18.0 Å². The highest BCUT2D eigenvalue weighted by Crippen LogP contribution is 2.28. The molecule has 36 heavy (non-hydrogen) atoms. The summed E-state index contributed by atoms with van der Waals surface area (Å²) in [5.41, 5.74) is 4.03. The molecule has 7 nitrogen and oxygen atoms in total. The van der Waals surface area contributed by atoms with Gasteiger partial charge < -0.3 is 14.7 Å². The maximum absolute atomic E-state index is 13.9. The van der Waals surface area contributed by atoms with Crippen LogP contribution in [0.1, 0.15) is 28.5 Å². The Hall–Kier alpha value is -3.92. The maximum atomic E-state index is 13.9. The number of alkyl halides is 2. The molecule has 1 aromatic carbocycles. The topological polar surface area (TPSA) is 82.5 Å². The van der Waals surface area contributed by atoms with Crippen LogP contribution in [-0.2, 0) is 6.54 Å². The molecule has 1 atom stereocenters. The summed E-state index contributed by atoms with van der Waals surface area (Å²) in [4.78, 5) is 33.4. The molecule has 186 valence electrons. The molecule has 0 saturated carbocycles. The van der Waals surface area contributed by atoms with E-state index in [1.807, 2.05) is 18.2 Å². The van der Waals surface area contributed by atoms with Gasteiger partial charge in [0.2, 0.25) is 0 Å². The molecule has 10 heteroatoms. The molecule has 4 aromatic rings. The highest BCUT2D eigenvalue weighted by Gasteiger charge is 2.21. The maximum Gasteiger partial charge on any atom is 0.275 e. The lowest BCUT2D eigenvalue weighted by atomic mass is 9.91. The third-order valence-corrected chi connectivity index (χ3v) is 6.41. The molecule has 0 spiro atoms. The third kappa shape index (κ3) is 4.64. The first kappa shape index (κ1) is 23.8. The van der Waals surface area contributed by atoms with Crippen LogP contribution in [0.15, 0.2) is 59.7 Å².